The van der Waals surface area contributed by atoms with E-state index in [1.165, 1.54) is 18.5 Å². The molecule has 0 unspecified atom stereocenters. The summed E-state index contributed by atoms with van der Waals surface area (Å²) in [5.74, 6) is -2.28. The number of aromatic carboxylic acids is 1. The predicted octanol–water partition coefficient (Wildman–Crippen LogP) is 1.31. The largest absolute Gasteiger partial charge is 0.872 e. The molecule has 0 bridgehead atoms. The van der Waals surface area contributed by atoms with Crippen molar-refractivity contribution in [2.24, 2.45) is 0 Å². The topological polar surface area (TPSA) is 119 Å². The Kier molecular flexibility index (Phi) is 4.01. The van der Waals surface area contributed by atoms with Crippen molar-refractivity contribution in [3.05, 3.63) is 47.2 Å². The minimum atomic E-state index is -4.07. The first kappa shape index (κ1) is 15.1. The van der Waals surface area contributed by atoms with Gasteiger partial charge in [0.25, 0.3) is 10.0 Å². The molecule has 1 aromatic heterocycles. The minimum Gasteiger partial charge on any atom is -0.872 e. The molecule has 7 nitrogen and oxygen atoms in total. The van der Waals surface area contributed by atoms with E-state index in [9.17, 15) is 18.3 Å². The zero-order valence-corrected chi connectivity index (χ0v) is 11.9. The maximum absolute atomic E-state index is 12.2. The van der Waals surface area contributed by atoms with Gasteiger partial charge in [0.2, 0.25) is 0 Å². The molecule has 21 heavy (non-hydrogen) atoms. The van der Waals surface area contributed by atoms with Gasteiger partial charge in [-0.25, -0.2) is 13.2 Å². The Morgan fingerprint density at radius 1 is 1.33 bits per heavy atom. The third kappa shape index (κ3) is 3.23. The summed E-state index contributed by atoms with van der Waals surface area (Å²) in [5, 5.41) is 20.3. The molecule has 9 heteroatoms. The third-order valence-corrected chi connectivity index (χ3v) is 4.17. The number of carboxylic acids is 1. The lowest BCUT2D eigenvalue weighted by Gasteiger charge is -2.13. The molecular weight excluding hydrogens is 320 g/mol. The standard InChI is InChI=1S/C12H9ClN2O5S/c13-9-6-14-4-3-10(9)15-21(19,20)7-1-2-11(16)8(5-7)12(17)18/h1-6,16H,(H,14,15)(H,17,18)/p-1. The van der Waals surface area contributed by atoms with E-state index in [1.54, 1.807) is 0 Å². The number of sulfonamides is 1. The van der Waals surface area contributed by atoms with Crippen molar-refractivity contribution >= 4 is 33.3 Å². The molecule has 0 fully saturated rings. The van der Waals surface area contributed by atoms with E-state index in [4.69, 9.17) is 16.7 Å². The lowest BCUT2D eigenvalue weighted by molar-refractivity contribution is -0.268. The first-order valence-electron chi connectivity index (χ1n) is 5.48. The molecule has 0 aliphatic rings. The average molecular weight is 328 g/mol. The number of pyridine rings is 1. The number of anilines is 1. The highest BCUT2D eigenvalue weighted by Crippen LogP contribution is 2.25. The Morgan fingerprint density at radius 2 is 2.05 bits per heavy atom. The molecular formula is C12H8ClN2O5S-. The number of nitrogens with one attached hydrogen (secondary N) is 1. The van der Waals surface area contributed by atoms with Crippen molar-refractivity contribution in [1.82, 2.24) is 4.98 Å². The van der Waals surface area contributed by atoms with E-state index in [0.717, 1.165) is 18.2 Å². The highest BCUT2D eigenvalue weighted by Gasteiger charge is 2.18. The van der Waals surface area contributed by atoms with Gasteiger partial charge in [-0.3, -0.25) is 9.71 Å². The van der Waals surface area contributed by atoms with Gasteiger partial charge in [-0.15, -0.1) is 0 Å². The molecule has 0 atom stereocenters. The van der Waals surface area contributed by atoms with Crippen LogP contribution in [0.15, 0.2) is 41.6 Å². The quantitative estimate of drug-likeness (QED) is 0.873. The van der Waals surface area contributed by atoms with Crippen molar-refractivity contribution < 1.29 is 23.4 Å². The van der Waals surface area contributed by atoms with E-state index in [0.29, 0.717) is 0 Å². The molecule has 0 aliphatic carbocycles. The van der Waals surface area contributed by atoms with Gasteiger partial charge in [0.05, 0.1) is 21.2 Å². The highest BCUT2D eigenvalue weighted by molar-refractivity contribution is 7.92. The van der Waals surface area contributed by atoms with Crippen LogP contribution in [-0.2, 0) is 10.0 Å². The molecule has 0 radical (unpaired) electrons. The second-order valence-corrected chi connectivity index (χ2v) is 6.01. The van der Waals surface area contributed by atoms with Crippen molar-refractivity contribution in [3.63, 3.8) is 0 Å². The summed E-state index contributed by atoms with van der Waals surface area (Å²) in [6.45, 7) is 0. The Bertz CT molecular complexity index is 807. The molecule has 1 aromatic carbocycles. The van der Waals surface area contributed by atoms with Crippen LogP contribution >= 0.6 is 11.6 Å². The number of hydrogen-bond donors (Lipinski definition) is 2. The number of rotatable bonds is 4. The van der Waals surface area contributed by atoms with Crippen LogP contribution in [0, 0.1) is 0 Å². The maximum Gasteiger partial charge on any atom is 0.335 e. The first-order valence-corrected chi connectivity index (χ1v) is 7.34. The Morgan fingerprint density at radius 3 is 2.67 bits per heavy atom. The van der Waals surface area contributed by atoms with Gasteiger partial charge in [-0.1, -0.05) is 23.4 Å². The van der Waals surface area contributed by atoms with Crippen molar-refractivity contribution in [2.75, 3.05) is 4.72 Å². The van der Waals surface area contributed by atoms with E-state index in [2.05, 4.69) is 9.71 Å². The van der Waals surface area contributed by atoms with Crippen LogP contribution in [0.2, 0.25) is 5.02 Å². The average Bonchev–Trinajstić information content (AvgIpc) is 2.41. The normalized spacial score (nSPS) is 11.1. The second-order valence-electron chi connectivity index (χ2n) is 3.92. The third-order valence-electron chi connectivity index (χ3n) is 2.51. The number of halogens is 1. The van der Waals surface area contributed by atoms with Gasteiger partial charge >= 0.3 is 5.97 Å². The molecule has 0 saturated heterocycles. The summed E-state index contributed by atoms with van der Waals surface area (Å²) in [5.41, 5.74) is -0.534. The molecule has 2 rings (SSSR count). The SMILES string of the molecule is O=C(O)c1cc(S(=O)(=O)Nc2ccncc2Cl)ccc1[O-]. The molecule has 0 spiro atoms. The van der Waals surface area contributed by atoms with Crippen molar-refractivity contribution in [2.45, 2.75) is 4.90 Å². The van der Waals surface area contributed by atoms with Gasteiger partial charge in [-0.05, 0) is 18.2 Å². The van der Waals surface area contributed by atoms with Crippen LogP contribution in [0.3, 0.4) is 0 Å². The molecule has 0 saturated carbocycles. The summed E-state index contributed by atoms with van der Waals surface area (Å²) in [7, 11) is -4.07. The lowest BCUT2D eigenvalue weighted by Crippen LogP contribution is -2.15. The van der Waals surface area contributed by atoms with Gasteiger partial charge in [0, 0.05) is 12.4 Å². The summed E-state index contributed by atoms with van der Waals surface area (Å²) >= 11 is 5.79. The Hall–Kier alpha value is -2.32. The molecule has 0 amide bonds. The fraction of sp³-hybridized carbons (Fsp3) is 0. The Labute approximate surface area is 124 Å². The Balaban J connectivity index is 2.43. The first-order chi connectivity index (χ1) is 9.81. The molecule has 2 aromatic rings. The minimum absolute atomic E-state index is 0.0833. The van der Waals surface area contributed by atoms with E-state index in [1.807, 2.05) is 0 Å². The summed E-state index contributed by atoms with van der Waals surface area (Å²) in [6.07, 6.45) is 2.59. The van der Waals surface area contributed by atoms with E-state index >= 15 is 0 Å². The fourth-order valence-corrected chi connectivity index (χ4v) is 2.83. The van der Waals surface area contributed by atoms with Gasteiger partial charge in [-0.2, -0.15) is 0 Å². The number of benzene rings is 1. The van der Waals surface area contributed by atoms with Crippen molar-refractivity contribution in [3.8, 4) is 5.75 Å². The number of carboxylic acid groups (broad SMARTS) is 1. The predicted molar refractivity (Wildman–Crippen MR) is 72.9 cm³/mol. The highest BCUT2D eigenvalue weighted by atomic mass is 35.5. The number of carbonyl (C=O) groups is 1. The summed E-state index contributed by atoms with van der Waals surface area (Å²) < 4.78 is 26.5. The zero-order valence-electron chi connectivity index (χ0n) is 10.3. The van der Waals surface area contributed by atoms with Crippen LogP contribution in [0.25, 0.3) is 0 Å². The maximum atomic E-state index is 12.2. The summed E-state index contributed by atoms with van der Waals surface area (Å²) in [4.78, 5) is 14.2. The van der Waals surface area contributed by atoms with Crippen LogP contribution < -0.4 is 9.83 Å². The lowest BCUT2D eigenvalue weighted by atomic mass is 10.2. The number of hydrogen-bond acceptors (Lipinski definition) is 5. The molecule has 2 N–H and O–H groups in total. The van der Waals surface area contributed by atoms with Gasteiger partial charge < -0.3 is 10.2 Å². The smallest absolute Gasteiger partial charge is 0.335 e. The van der Waals surface area contributed by atoms with E-state index < -0.39 is 27.3 Å². The van der Waals surface area contributed by atoms with Gasteiger partial charge in [0.15, 0.2) is 0 Å². The van der Waals surface area contributed by atoms with Crippen LogP contribution in [0.4, 0.5) is 5.69 Å². The monoisotopic (exact) mass is 327 g/mol. The zero-order chi connectivity index (χ0) is 15.6. The van der Waals surface area contributed by atoms with Gasteiger partial charge in [0.1, 0.15) is 0 Å². The fourth-order valence-electron chi connectivity index (χ4n) is 1.51. The second kappa shape index (κ2) is 5.58. The summed E-state index contributed by atoms with van der Waals surface area (Å²) in [6, 6.07) is 4.04. The van der Waals surface area contributed by atoms with Crippen molar-refractivity contribution in [1.29, 1.82) is 0 Å². The van der Waals surface area contributed by atoms with Crippen LogP contribution in [0.1, 0.15) is 10.4 Å². The van der Waals surface area contributed by atoms with E-state index in [-0.39, 0.29) is 15.6 Å². The van der Waals surface area contributed by atoms with Crippen LogP contribution in [-0.4, -0.2) is 24.5 Å². The molecule has 110 valence electrons. The van der Waals surface area contributed by atoms with Crippen LogP contribution in [0.5, 0.6) is 5.75 Å². The molecule has 0 aliphatic heterocycles. The number of nitrogens with zero attached hydrogens (tertiary/aromatic N) is 1. The molecule has 1 heterocycles. The number of aromatic nitrogens is 1.